The van der Waals surface area contributed by atoms with E-state index in [9.17, 15) is 40.4 Å². The van der Waals surface area contributed by atoms with Crippen LogP contribution in [-0.4, -0.2) is 38.9 Å². The summed E-state index contributed by atoms with van der Waals surface area (Å²) in [6.45, 7) is -0.485. The molecule has 2 heterocycles. The lowest BCUT2D eigenvalue weighted by Crippen LogP contribution is -2.32. The minimum Gasteiger partial charge on any atom is -0.465 e. The number of hydrogen-bond donors (Lipinski definition) is 1. The van der Waals surface area contributed by atoms with Crippen molar-refractivity contribution in [1.29, 1.82) is 5.26 Å². The van der Waals surface area contributed by atoms with Crippen LogP contribution in [0.25, 0.3) is 0 Å². The van der Waals surface area contributed by atoms with Gasteiger partial charge in [0, 0.05) is 17.3 Å². The van der Waals surface area contributed by atoms with Crippen molar-refractivity contribution in [2.24, 2.45) is 0 Å². The van der Waals surface area contributed by atoms with Crippen molar-refractivity contribution < 1.29 is 39.9 Å². The highest BCUT2D eigenvalue weighted by molar-refractivity contribution is 7.90. The third-order valence-electron chi connectivity index (χ3n) is 5.06. The van der Waals surface area contributed by atoms with E-state index in [2.05, 4.69) is 21.1 Å². The number of pyridine rings is 1. The SMILES string of the molecule is COC(=O)c1cc(C(F)(F)C(F)(F)F)sc1CNc1ncc(C2(C#N)CC2)cc1S(C)(=O)=O. The summed E-state index contributed by atoms with van der Waals surface area (Å²) < 4.78 is 94.9. The van der Waals surface area contributed by atoms with Crippen LogP contribution in [0, 0.1) is 11.3 Å². The molecule has 2 aromatic rings. The summed E-state index contributed by atoms with van der Waals surface area (Å²) in [6, 6.07) is 3.79. The summed E-state index contributed by atoms with van der Waals surface area (Å²) >= 11 is 0.0370. The Balaban J connectivity index is 1.98. The Labute approximate surface area is 189 Å². The number of sulfone groups is 1. The molecule has 1 aliphatic rings. The predicted octanol–water partition coefficient (Wildman–Crippen LogP) is 4.15. The van der Waals surface area contributed by atoms with Crippen LogP contribution in [0.4, 0.5) is 27.8 Å². The lowest BCUT2D eigenvalue weighted by atomic mass is 10.00. The molecule has 1 aliphatic carbocycles. The predicted molar refractivity (Wildman–Crippen MR) is 107 cm³/mol. The molecule has 33 heavy (non-hydrogen) atoms. The molecule has 0 bridgehead atoms. The van der Waals surface area contributed by atoms with E-state index in [1.165, 1.54) is 12.3 Å². The zero-order valence-corrected chi connectivity index (χ0v) is 18.7. The summed E-state index contributed by atoms with van der Waals surface area (Å²) in [5.41, 5.74) is -0.947. The van der Waals surface area contributed by atoms with E-state index >= 15 is 0 Å². The van der Waals surface area contributed by atoms with E-state index in [0.717, 1.165) is 13.4 Å². The molecule has 0 saturated heterocycles. The second kappa shape index (κ2) is 8.21. The average molecular weight is 509 g/mol. The van der Waals surface area contributed by atoms with Gasteiger partial charge in [-0.05, 0) is 30.5 Å². The van der Waals surface area contributed by atoms with Crippen molar-refractivity contribution >= 4 is 33.0 Å². The maximum absolute atomic E-state index is 13.8. The van der Waals surface area contributed by atoms with E-state index in [4.69, 9.17) is 0 Å². The Morgan fingerprint density at radius 2 is 1.94 bits per heavy atom. The third-order valence-corrected chi connectivity index (χ3v) is 7.38. The number of carbonyl (C=O) groups excluding carboxylic acids is 1. The molecule has 1 N–H and O–H groups in total. The third kappa shape index (κ3) is 4.65. The Hall–Kier alpha value is -2.79. The van der Waals surface area contributed by atoms with Crippen molar-refractivity contribution in [3.63, 3.8) is 0 Å². The summed E-state index contributed by atoms with van der Waals surface area (Å²) in [4.78, 5) is 14.0. The van der Waals surface area contributed by atoms with Crippen LogP contribution in [0.15, 0.2) is 23.2 Å². The Kier molecular flexibility index (Phi) is 6.18. The quantitative estimate of drug-likeness (QED) is 0.441. The molecular weight excluding hydrogens is 493 g/mol. The summed E-state index contributed by atoms with van der Waals surface area (Å²) in [5.74, 6) is -6.54. The zero-order chi connectivity index (χ0) is 24.8. The van der Waals surface area contributed by atoms with Gasteiger partial charge in [0.15, 0.2) is 9.84 Å². The van der Waals surface area contributed by atoms with Gasteiger partial charge in [0.05, 0.1) is 35.6 Å². The smallest absolute Gasteiger partial charge is 0.458 e. The van der Waals surface area contributed by atoms with Crippen LogP contribution >= 0.6 is 11.3 Å². The molecule has 0 unspecified atom stereocenters. The van der Waals surface area contributed by atoms with Gasteiger partial charge >= 0.3 is 18.1 Å². The fourth-order valence-electron chi connectivity index (χ4n) is 3.01. The molecule has 14 heteroatoms. The molecule has 178 valence electrons. The first kappa shape index (κ1) is 24.8. The average Bonchev–Trinajstić information content (AvgIpc) is 3.41. The van der Waals surface area contributed by atoms with Gasteiger partial charge in [-0.25, -0.2) is 18.2 Å². The maximum atomic E-state index is 13.8. The van der Waals surface area contributed by atoms with Gasteiger partial charge in [0.1, 0.15) is 10.7 Å². The Morgan fingerprint density at radius 3 is 2.42 bits per heavy atom. The number of thiophene rings is 1. The van der Waals surface area contributed by atoms with E-state index in [1.807, 2.05) is 0 Å². The van der Waals surface area contributed by atoms with Crippen molar-refractivity contribution in [2.45, 2.75) is 41.8 Å². The number of nitriles is 1. The molecule has 1 fully saturated rings. The monoisotopic (exact) mass is 509 g/mol. The molecule has 0 aliphatic heterocycles. The van der Waals surface area contributed by atoms with Gasteiger partial charge in [-0.2, -0.15) is 27.2 Å². The fraction of sp³-hybridized carbons (Fsp3) is 0.421. The number of ether oxygens (including phenoxy) is 1. The molecule has 7 nitrogen and oxygen atoms in total. The van der Waals surface area contributed by atoms with Gasteiger partial charge in [0.25, 0.3) is 0 Å². The van der Waals surface area contributed by atoms with Gasteiger partial charge in [-0.15, -0.1) is 11.3 Å². The molecule has 2 aromatic heterocycles. The molecule has 0 atom stereocenters. The van der Waals surface area contributed by atoms with E-state index in [0.29, 0.717) is 24.5 Å². The molecule has 0 radical (unpaired) electrons. The van der Waals surface area contributed by atoms with Gasteiger partial charge in [-0.3, -0.25) is 0 Å². The molecule has 0 amide bonds. The Bertz CT molecular complexity index is 1250. The molecule has 1 saturated carbocycles. The number of rotatable bonds is 7. The molecular formula is C19H16F5N3O4S2. The van der Waals surface area contributed by atoms with Crippen LogP contribution in [0.1, 0.15) is 38.5 Å². The minimum atomic E-state index is -5.88. The van der Waals surface area contributed by atoms with E-state index in [-0.39, 0.29) is 26.9 Å². The van der Waals surface area contributed by atoms with E-state index in [1.54, 1.807) is 0 Å². The van der Waals surface area contributed by atoms with Crippen molar-refractivity contribution in [3.05, 3.63) is 39.2 Å². The number of halogens is 5. The largest absolute Gasteiger partial charge is 0.465 e. The number of esters is 1. The topological polar surface area (TPSA) is 109 Å². The molecule has 3 rings (SSSR count). The number of nitrogens with one attached hydrogen (secondary N) is 1. The lowest BCUT2D eigenvalue weighted by molar-refractivity contribution is -0.287. The maximum Gasteiger partial charge on any atom is 0.458 e. The minimum absolute atomic E-state index is 0.0370. The van der Waals surface area contributed by atoms with Crippen LogP contribution in [-0.2, 0) is 32.5 Å². The van der Waals surface area contributed by atoms with Crippen molar-refractivity contribution in [2.75, 3.05) is 18.7 Å². The highest BCUT2D eigenvalue weighted by Crippen LogP contribution is 2.49. The normalized spacial score (nSPS) is 15.6. The van der Waals surface area contributed by atoms with Crippen LogP contribution in [0.2, 0.25) is 0 Å². The Morgan fingerprint density at radius 1 is 1.30 bits per heavy atom. The first-order valence-corrected chi connectivity index (χ1v) is 11.9. The number of aromatic nitrogens is 1. The number of anilines is 1. The van der Waals surface area contributed by atoms with Crippen molar-refractivity contribution in [1.82, 2.24) is 4.98 Å². The fourth-order valence-corrected chi connectivity index (χ4v) is 4.91. The summed E-state index contributed by atoms with van der Waals surface area (Å²) in [6.07, 6.45) is -2.61. The lowest BCUT2D eigenvalue weighted by Gasteiger charge is -2.17. The molecule has 0 spiro atoms. The molecule has 0 aromatic carbocycles. The van der Waals surface area contributed by atoms with Gasteiger partial charge in [0.2, 0.25) is 0 Å². The van der Waals surface area contributed by atoms with Crippen LogP contribution in [0.3, 0.4) is 0 Å². The zero-order valence-electron chi connectivity index (χ0n) is 17.1. The van der Waals surface area contributed by atoms with Gasteiger partial charge in [-0.1, -0.05) is 0 Å². The number of methoxy groups -OCH3 is 1. The number of carbonyl (C=O) groups is 1. The summed E-state index contributed by atoms with van der Waals surface area (Å²) in [7, 11) is -2.93. The second-order valence-electron chi connectivity index (χ2n) is 7.40. The first-order valence-electron chi connectivity index (χ1n) is 9.18. The standard InChI is InChI=1S/C19H16F5N3O4S2/c1-31-16(28)11-6-14(18(20,21)19(22,23)24)32-12(11)8-27-15-13(33(2,29)30)5-10(7-26-15)17(9-25)3-4-17/h5-7H,3-4,8H2,1-2H3,(H,26,27). The summed E-state index contributed by atoms with van der Waals surface area (Å²) in [5, 5.41) is 11.9. The van der Waals surface area contributed by atoms with Crippen LogP contribution < -0.4 is 5.32 Å². The number of alkyl halides is 5. The van der Waals surface area contributed by atoms with Gasteiger partial charge < -0.3 is 10.1 Å². The van der Waals surface area contributed by atoms with Crippen molar-refractivity contribution in [3.8, 4) is 6.07 Å². The highest BCUT2D eigenvalue weighted by atomic mass is 32.2. The first-order chi connectivity index (χ1) is 15.2. The van der Waals surface area contributed by atoms with E-state index < -0.39 is 50.3 Å². The number of nitrogens with zero attached hydrogens (tertiary/aromatic N) is 2. The second-order valence-corrected chi connectivity index (χ2v) is 10.5. The van der Waals surface area contributed by atoms with Crippen LogP contribution in [0.5, 0.6) is 0 Å². The number of hydrogen-bond acceptors (Lipinski definition) is 8. The highest BCUT2D eigenvalue weighted by Gasteiger charge is 2.60.